The van der Waals surface area contributed by atoms with Crippen LogP contribution in [0.2, 0.25) is 5.02 Å². The van der Waals surface area contributed by atoms with Crippen LogP contribution in [-0.2, 0) is 16.1 Å². The molecule has 1 atom stereocenters. The quantitative estimate of drug-likeness (QED) is 0.306. The van der Waals surface area contributed by atoms with Gasteiger partial charge in [-0.2, -0.15) is 0 Å². The van der Waals surface area contributed by atoms with Crippen molar-refractivity contribution in [2.24, 2.45) is 0 Å². The first kappa shape index (κ1) is 22.6. The van der Waals surface area contributed by atoms with Gasteiger partial charge < -0.3 is 14.7 Å². The Morgan fingerprint density at radius 2 is 1.82 bits per heavy atom. The third-order valence-electron chi connectivity index (χ3n) is 5.43. The Morgan fingerprint density at radius 1 is 1.09 bits per heavy atom. The highest BCUT2D eigenvalue weighted by Gasteiger charge is 2.44. The predicted octanol–water partition coefficient (Wildman–Crippen LogP) is 3.37. The minimum Gasteiger partial charge on any atom is -0.872 e. The van der Waals surface area contributed by atoms with E-state index in [1.165, 1.54) is 4.90 Å². The molecule has 1 aliphatic rings. The monoisotopic (exact) mass is 462 g/mol. The van der Waals surface area contributed by atoms with Crippen molar-refractivity contribution >= 4 is 29.1 Å². The average Bonchev–Trinajstić information content (AvgIpc) is 3.08. The summed E-state index contributed by atoms with van der Waals surface area (Å²) in [5.74, 6) is -1.28. The standard InChI is InChI=1S/C26H23ClN2O4/c1-2-14-33-21-11-7-18(8-12-21)23-22(24(30)19-5-9-20(27)10-6-19)25(31)26(32)29(23)16-17-4-3-13-28-15-17/h3-13,15,23,30H,2,14,16H2,1H3. The first-order valence-corrected chi connectivity index (χ1v) is 11.1. The van der Waals surface area contributed by atoms with Gasteiger partial charge in [0.2, 0.25) is 5.78 Å². The third kappa shape index (κ3) is 4.76. The summed E-state index contributed by atoms with van der Waals surface area (Å²) in [6, 6.07) is 16.3. The van der Waals surface area contributed by atoms with Gasteiger partial charge >= 0.3 is 0 Å². The summed E-state index contributed by atoms with van der Waals surface area (Å²) in [6.07, 6.45) is 4.40. The van der Waals surface area contributed by atoms with Crippen LogP contribution in [0.4, 0.5) is 0 Å². The summed E-state index contributed by atoms with van der Waals surface area (Å²) in [5, 5.41) is 13.9. The van der Waals surface area contributed by atoms with Gasteiger partial charge in [0, 0.05) is 22.2 Å². The molecule has 6 nitrogen and oxygen atoms in total. The number of likely N-dealkylation sites (tertiary alicyclic amines) is 1. The molecule has 168 valence electrons. The number of Topliss-reactive ketones (excluding diaryl/α,β-unsaturated/α-hetero) is 1. The number of carbonyl (C=O) groups excluding carboxylic acids is 2. The number of rotatable bonds is 7. The van der Waals surface area contributed by atoms with Crippen LogP contribution < -0.4 is 14.8 Å². The Balaban J connectivity index is 1.80. The molecule has 7 heteroatoms. The molecule has 0 spiro atoms. The zero-order valence-corrected chi connectivity index (χ0v) is 18.8. The van der Waals surface area contributed by atoms with E-state index >= 15 is 0 Å². The Morgan fingerprint density at radius 3 is 2.45 bits per heavy atom. The molecular formula is C26H23ClN2O4. The van der Waals surface area contributed by atoms with Gasteiger partial charge in [-0.15, -0.1) is 0 Å². The highest BCUT2D eigenvalue weighted by atomic mass is 35.5. The molecule has 1 saturated heterocycles. The molecule has 1 amide bonds. The van der Waals surface area contributed by atoms with Gasteiger partial charge in [0.1, 0.15) is 5.75 Å². The van der Waals surface area contributed by atoms with E-state index in [1.807, 2.05) is 19.1 Å². The van der Waals surface area contributed by atoms with E-state index in [9.17, 15) is 14.7 Å². The molecule has 4 rings (SSSR count). The number of hydrogen-bond donors (Lipinski definition) is 0. The van der Waals surface area contributed by atoms with Gasteiger partial charge in [0.15, 0.2) is 12.4 Å². The summed E-state index contributed by atoms with van der Waals surface area (Å²) in [6.45, 7) is 2.79. The van der Waals surface area contributed by atoms with Crippen molar-refractivity contribution in [1.29, 1.82) is 0 Å². The van der Waals surface area contributed by atoms with Gasteiger partial charge in [-0.3, -0.25) is 9.59 Å². The van der Waals surface area contributed by atoms with Crippen molar-refractivity contribution in [2.45, 2.75) is 25.9 Å². The second-order valence-corrected chi connectivity index (χ2v) is 8.18. The van der Waals surface area contributed by atoms with Crippen molar-refractivity contribution in [2.75, 3.05) is 6.61 Å². The van der Waals surface area contributed by atoms with E-state index in [-0.39, 0.29) is 12.1 Å². The van der Waals surface area contributed by atoms with Crippen molar-refractivity contribution in [1.82, 2.24) is 4.90 Å². The van der Waals surface area contributed by atoms with Crippen molar-refractivity contribution in [3.8, 4) is 5.75 Å². The molecule has 0 aliphatic carbocycles. The van der Waals surface area contributed by atoms with Crippen molar-refractivity contribution < 1.29 is 24.4 Å². The fourth-order valence-corrected chi connectivity index (χ4v) is 3.95. The smallest absolute Gasteiger partial charge is 0.295 e. The number of carbonyl (C=O) groups is 2. The van der Waals surface area contributed by atoms with E-state index in [4.69, 9.17) is 16.3 Å². The van der Waals surface area contributed by atoms with Crippen LogP contribution in [0.3, 0.4) is 0 Å². The number of hydrogen-bond acceptors (Lipinski definition) is 4. The summed E-state index contributed by atoms with van der Waals surface area (Å²) in [4.78, 5) is 30.5. The minimum atomic E-state index is -0.811. The number of halogens is 1. The van der Waals surface area contributed by atoms with Crippen LogP contribution in [0.15, 0.2) is 78.6 Å². The molecule has 0 saturated carbocycles. The molecule has 1 fully saturated rings. The Labute approximate surface area is 197 Å². The predicted molar refractivity (Wildman–Crippen MR) is 122 cm³/mol. The summed E-state index contributed by atoms with van der Waals surface area (Å²) in [5.41, 5.74) is 1.71. The number of aromatic nitrogens is 1. The molecule has 1 unspecified atom stereocenters. The molecule has 3 aromatic rings. The molecule has 1 N–H and O–H groups in total. The molecule has 1 aliphatic heterocycles. The largest absolute Gasteiger partial charge is 0.872 e. The van der Waals surface area contributed by atoms with Crippen molar-refractivity contribution in [3.63, 3.8) is 0 Å². The molecule has 33 heavy (non-hydrogen) atoms. The maximum absolute atomic E-state index is 13.4. The normalized spacial score (nSPS) is 17.4. The molecule has 0 bridgehead atoms. The number of pyridine rings is 1. The lowest BCUT2D eigenvalue weighted by Gasteiger charge is -2.27. The summed E-state index contributed by atoms with van der Waals surface area (Å²) >= 11 is 5.95. The highest BCUT2D eigenvalue weighted by molar-refractivity contribution is 6.46. The Bertz CT molecular complexity index is 1180. The fraction of sp³-hybridized carbons (Fsp3) is 0.192. The first-order chi connectivity index (χ1) is 16.0. The summed E-state index contributed by atoms with van der Waals surface area (Å²) < 4.78 is 5.65. The lowest BCUT2D eigenvalue weighted by atomic mass is 9.95. The number of ketones is 1. The molecular weight excluding hydrogens is 440 g/mol. The summed E-state index contributed by atoms with van der Waals surface area (Å²) in [7, 11) is 0. The lowest BCUT2D eigenvalue weighted by molar-refractivity contribution is -0.378. The van der Waals surface area contributed by atoms with E-state index in [0.717, 1.165) is 12.0 Å². The fourth-order valence-electron chi connectivity index (χ4n) is 3.83. The molecule has 2 heterocycles. The number of nitrogens with zero attached hydrogens (tertiary/aromatic N) is 1. The van der Waals surface area contributed by atoms with Crippen LogP contribution in [0.5, 0.6) is 5.75 Å². The zero-order valence-electron chi connectivity index (χ0n) is 18.1. The van der Waals surface area contributed by atoms with Gasteiger partial charge in [-0.25, -0.2) is 4.98 Å². The van der Waals surface area contributed by atoms with Gasteiger partial charge in [0.25, 0.3) is 5.91 Å². The van der Waals surface area contributed by atoms with E-state index < -0.39 is 23.5 Å². The van der Waals surface area contributed by atoms with Crippen LogP contribution in [-0.4, -0.2) is 23.2 Å². The first-order valence-electron chi connectivity index (χ1n) is 10.7. The van der Waals surface area contributed by atoms with Crippen LogP contribution in [0, 0.1) is 0 Å². The van der Waals surface area contributed by atoms with Crippen LogP contribution >= 0.6 is 11.6 Å². The van der Waals surface area contributed by atoms with E-state index in [0.29, 0.717) is 28.5 Å². The lowest BCUT2D eigenvalue weighted by Crippen LogP contribution is -2.29. The maximum atomic E-state index is 13.4. The highest BCUT2D eigenvalue weighted by Crippen LogP contribution is 2.40. The third-order valence-corrected chi connectivity index (χ3v) is 5.68. The average molecular weight is 463 g/mol. The van der Waals surface area contributed by atoms with E-state index in [1.54, 1.807) is 60.9 Å². The number of nitrogens with one attached hydrogen (secondary N) is 1. The van der Waals surface area contributed by atoms with Crippen LogP contribution in [0.1, 0.15) is 36.1 Å². The van der Waals surface area contributed by atoms with Crippen LogP contribution in [0.25, 0.3) is 5.76 Å². The molecule has 0 radical (unpaired) electrons. The van der Waals surface area contributed by atoms with E-state index in [2.05, 4.69) is 4.98 Å². The number of H-pyrrole nitrogens is 1. The Kier molecular flexibility index (Phi) is 6.75. The Hall–Kier alpha value is -3.64. The van der Waals surface area contributed by atoms with Gasteiger partial charge in [0.05, 0.1) is 19.2 Å². The van der Waals surface area contributed by atoms with Gasteiger partial charge in [-0.1, -0.05) is 48.5 Å². The number of benzene rings is 2. The number of ether oxygens (including phenoxy) is 1. The second-order valence-electron chi connectivity index (χ2n) is 7.74. The maximum Gasteiger partial charge on any atom is 0.295 e. The van der Waals surface area contributed by atoms with Gasteiger partial charge in [-0.05, 0) is 47.9 Å². The molecule has 2 aromatic carbocycles. The molecule has 1 aromatic heterocycles. The topological polar surface area (TPSA) is 83.8 Å². The zero-order chi connectivity index (χ0) is 23.4. The number of amides is 1. The minimum absolute atomic E-state index is 0.0653. The SMILES string of the molecule is CCCOc1ccc(C2C(=C([O-])c3ccc(Cl)cc3)C(=O)C(=O)N2Cc2ccc[nH+]c2)cc1. The van der Waals surface area contributed by atoms with Crippen molar-refractivity contribution in [3.05, 3.63) is 100 Å². The second kappa shape index (κ2) is 9.88. The number of aromatic amines is 1.